The summed E-state index contributed by atoms with van der Waals surface area (Å²) in [6.45, 7) is 0. The second-order valence-electron chi connectivity index (χ2n) is 1.74. The van der Waals surface area contributed by atoms with Crippen LogP contribution in [0.4, 0.5) is 0 Å². The molecule has 0 fully saturated rings. The number of hydrogen-bond donors (Lipinski definition) is 3. The molecule has 0 amide bonds. The molecule has 0 atom stereocenters. The fourth-order valence-corrected chi connectivity index (χ4v) is 0. The van der Waals surface area contributed by atoms with Crippen LogP contribution in [-0.2, 0) is 69.9 Å². The van der Waals surface area contributed by atoms with Crippen LogP contribution in [0.1, 0.15) is 0 Å². The predicted molar refractivity (Wildman–Crippen MR) is 45.7 cm³/mol. The van der Waals surface area contributed by atoms with Gasteiger partial charge >= 0.3 is 42.0 Å². The summed E-state index contributed by atoms with van der Waals surface area (Å²) in [7, 11) is -20.1. The van der Waals surface area contributed by atoms with Crippen LogP contribution in [0.15, 0.2) is 0 Å². The molecule has 16 nitrogen and oxygen atoms in total. The Balaban J connectivity index is -0.0000000376. The normalized spacial score (nSPS) is 10.6. The molecule has 0 rings (SSSR count). The van der Waals surface area contributed by atoms with Crippen molar-refractivity contribution in [2.24, 2.45) is 0 Å². The monoisotopic (exact) mass is 498 g/mol. The summed E-state index contributed by atoms with van der Waals surface area (Å²) in [5.41, 5.74) is 0. The van der Waals surface area contributed by atoms with Crippen molar-refractivity contribution in [1.82, 2.24) is 0 Å². The van der Waals surface area contributed by atoms with E-state index in [1.54, 1.807) is 0 Å². The van der Waals surface area contributed by atoms with E-state index in [1.165, 1.54) is 0 Å². The first-order valence-corrected chi connectivity index (χ1v) is 8.35. The van der Waals surface area contributed by atoms with Crippen molar-refractivity contribution in [1.29, 1.82) is 0 Å². The van der Waals surface area contributed by atoms with Crippen molar-refractivity contribution >= 4 is 39.0 Å². The molecule has 138 valence electrons. The third kappa shape index (κ3) is 14100. The average Bonchev–Trinajstić information content (AvgIpc) is 1.62. The van der Waals surface area contributed by atoms with Crippen LogP contribution in [0, 0.1) is 0 Å². The van der Waals surface area contributed by atoms with Gasteiger partial charge in [0.25, 0.3) is 0 Å². The standard InChI is InChI=1S/2Fe.H3O4P.3H2O4S/c;;4*1-5(2,3)4/h;;(H3,1,2,3,4);3*(H2,1,2,3,4)/q2*+3;;;;/p-6. The minimum Gasteiger partial charge on any atom is -0.759 e. The first kappa shape index (κ1) is 38.4. The van der Waals surface area contributed by atoms with E-state index in [0.29, 0.717) is 0 Å². The van der Waals surface area contributed by atoms with E-state index in [2.05, 4.69) is 0 Å². The van der Waals surface area contributed by atoms with E-state index in [0.717, 1.165) is 0 Å². The van der Waals surface area contributed by atoms with Crippen LogP contribution in [0.3, 0.4) is 0 Å². The Morgan fingerprint density at radius 1 is 0.545 bits per heavy atom. The molecular formula is H3Fe2O16PS3. The Kier molecular flexibility index (Phi) is 26.7. The van der Waals surface area contributed by atoms with Crippen molar-refractivity contribution in [3.8, 4) is 0 Å². The minimum absolute atomic E-state index is 0. The van der Waals surface area contributed by atoms with Crippen molar-refractivity contribution in [2.45, 2.75) is 0 Å². The molecule has 22 heteroatoms. The Morgan fingerprint density at radius 3 is 0.545 bits per heavy atom. The molecule has 0 aliphatic carbocycles. The SMILES string of the molecule is O=P(O)(O)O.O=S(=O)([O-])[O-].O=S(=O)([O-])[O-].O=S(=O)([O-])[O-].[Fe+3].[Fe+3]. The van der Waals surface area contributed by atoms with Crippen LogP contribution in [0.2, 0.25) is 0 Å². The van der Waals surface area contributed by atoms with Crippen molar-refractivity contribution in [3.05, 3.63) is 0 Å². The Hall–Kier alpha value is 0.759. The number of rotatable bonds is 0. The first-order chi connectivity index (χ1) is 8.00. The summed E-state index contributed by atoms with van der Waals surface area (Å²) in [6, 6.07) is 0. The fraction of sp³-hybridized carbons (Fsp3) is 0. The average molecular weight is 498 g/mol. The molecule has 0 unspecified atom stereocenters. The van der Waals surface area contributed by atoms with Crippen LogP contribution in [0.25, 0.3) is 0 Å². The Morgan fingerprint density at radius 2 is 0.545 bits per heavy atom. The molecule has 3 N–H and O–H groups in total. The molecule has 0 saturated heterocycles. The second-order valence-corrected chi connectivity index (χ2v) is 5.21. The zero-order valence-corrected chi connectivity index (χ0v) is 14.6. The summed E-state index contributed by atoms with van der Waals surface area (Å²) < 4.78 is 111. The van der Waals surface area contributed by atoms with Gasteiger partial charge < -0.3 is 42.0 Å². The van der Waals surface area contributed by atoms with Crippen molar-refractivity contribution in [2.75, 3.05) is 0 Å². The molecule has 0 aromatic carbocycles. The van der Waals surface area contributed by atoms with E-state index in [9.17, 15) is 0 Å². The van der Waals surface area contributed by atoms with E-state index >= 15 is 0 Å². The molecule has 0 heterocycles. The molecule has 0 aliphatic heterocycles. The molecule has 0 aliphatic rings. The van der Waals surface area contributed by atoms with Gasteiger partial charge in [0.05, 0.1) is 0 Å². The maximum atomic E-state index is 8.88. The molecule has 0 aromatic rings. The van der Waals surface area contributed by atoms with Crippen molar-refractivity contribution < 1.29 is 106 Å². The summed E-state index contributed by atoms with van der Waals surface area (Å²) in [5.74, 6) is 0. The molecule has 22 heavy (non-hydrogen) atoms. The van der Waals surface area contributed by atoms with E-state index in [1.807, 2.05) is 0 Å². The maximum Gasteiger partial charge on any atom is 3.00 e. The van der Waals surface area contributed by atoms with Crippen molar-refractivity contribution in [3.63, 3.8) is 0 Å². The fourth-order valence-electron chi connectivity index (χ4n) is 0. The molecular weight excluding hydrogens is 495 g/mol. The van der Waals surface area contributed by atoms with E-state index in [-0.39, 0.29) is 34.1 Å². The Labute approximate surface area is 144 Å². The van der Waals surface area contributed by atoms with Gasteiger partial charge in [-0.25, -0.2) is 4.57 Å². The quantitative estimate of drug-likeness (QED) is 0.122. The molecule has 0 bridgehead atoms. The van der Waals surface area contributed by atoms with Gasteiger partial charge in [-0.2, -0.15) is 0 Å². The molecule has 0 aromatic heterocycles. The summed E-state index contributed by atoms with van der Waals surface area (Å²) in [6.07, 6.45) is 0. The molecule has 0 spiro atoms. The predicted octanol–water partition coefficient (Wildman–Crippen LogP) is -4.95. The second kappa shape index (κ2) is 15.3. The minimum atomic E-state index is -5.17. The zero-order valence-electron chi connectivity index (χ0n) is 9.03. The largest absolute Gasteiger partial charge is 3.00 e. The van der Waals surface area contributed by atoms with Gasteiger partial charge in [-0.3, -0.25) is 25.3 Å². The topological polar surface area (TPSA) is 319 Å². The third-order valence-electron chi connectivity index (χ3n) is 0. The van der Waals surface area contributed by atoms with Gasteiger partial charge in [0.2, 0.25) is 0 Å². The molecule has 0 saturated carbocycles. The van der Waals surface area contributed by atoms with Gasteiger partial charge in [-0.15, -0.1) is 0 Å². The summed E-state index contributed by atoms with van der Waals surface area (Å²) in [4.78, 5) is 21.6. The molecule has 2 radical (unpaired) electrons. The van der Waals surface area contributed by atoms with Gasteiger partial charge in [-0.1, -0.05) is 0 Å². The van der Waals surface area contributed by atoms with Crippen LogP contribution in [-0.4, -0.2) is 67.3 Å². The van der Waals surface area contributed by atoms with Crippen LogP contribution in [0.5, 0.6) is 0 Å². The number of phosphoric acid groups is 1. The van der Waals surface area contributed by atoms with Gasteiger partial charge in [0.15, 0.2) is 0 Å². The first-order valence-electron chi connectivity index (χ1n) is 2.78. The number of hydrogen-bond acceptors (Lipinski definition) is 13. The van der Waals surface area contributed by atoms with E-state index in [4.69, 9.17) is 71.8 Å². The van der Waals surface area contributed by atoms with Crippen LogP contribution >= 0.6 is 7.82 Å². The summed E-state index contributed by atoms with van der Waals surface area (Å²) >= 11 is 0. The zero-order chi connectivity index (χ0) is 18.0. The third-order valence-corrected chi connectivity index (χ3v) is 0. The van der Waals surface area contributed by atoms with Crippen LogP contribution < -0.4 is 0 Å². The smallest absolute Gasteiger partial charge is 0.759 e. The van der Waals surface area contributed by atoms with Gasteiger partial charge in [-0.05, 0) is 0 Å². The van der Waals surface area contributed by atoms with E-state index < -0.39 is 39.0 Å². The Bertz CT molecular complexity index is 470. The maximum absolute atomic E-state index is 8.88. The van der Waals surface area contributed by atoms with Gasteiger partial charge in [0.1, 0.15) is 0 Å². The summed E-state index contributed by atoms with van der Waals surface area (Å²) in [5, 5.41) is 0. The van der Waals surface area contributed by atoms with Gasteiger partial charge in [0, 0.05) is 31.2 Å².